The van der Waals surface area contributed by atoms with Gasteiger partial charge >= 0.3 is 0 Å². The fourth-order valence-electron chi connectivity index (χ4n) is 2.67. The minimum Gasteiger partial charge on any atom is -0.384 e. The Bertz CT molecular complexity index is 575. The monoisotopic (exact) mass is 239 g/mol. The van der Waals surface area contributed by atoms with Gasteiger partial charge in [0, 0.05) is 0 Å². The molecule has 2 heteroatoms. The van der Waals surface area contributed by atoms with Gasteiger partial charge in [0.05, 0.1) is 8.80 Å². The average Bonchev–Trinajstić information content (AvgIpc) is 2.64. The molecule has 2 aromatic carbocycles. The summed E-state index contributed by atoms with van der Waals surface area (Å²) in [5.74, 6) is 0. The third kappa shape index (κ3) is 1.48. The average molecular weight is 239 g/mol. The van der Waals surface area contributed by atoms with E-state index in [1.54, 1.807) is 0 Å². The van der Waals surface area contributed by atoms with Crippen molar-refractivity contribution in [2.24, 2.45) is 0 Å². The molecule has 0 aromatic heterocycles. The quantitative estimate of drug-likeness (QED) is 0.759. The highest BCUT2D eigenvalue weighted by Crippen LogP contribution is 2.42. The van der Waals surface area contributed by atoms with Gasteiger partial charge in [0.25, 0.3) is 0 Å². The Balaban J connectivity index is 2.30. The minimum absolute atomic E-state index is 0.433. The maximum absolute atomic E-state index is 10.5. The molecule has 0 spiro atoms. The van der Waals surface area contributed by atoms with Crippen molar-refractivity contribution in [3.63, 3.8) is 0 Å². The summed E-state index contributed by atoms with van der Waals surface area (Å²) in [5.41, 5.74) is 4.61. The van der Waals surface area contributed by atoms with Crippen molar-refractivity contribution in [2.75, 3.05) is 0 Å². The van der Waals surface area contributed by atoms with Crippen LogP contribution in [0.3, 0.4) is 0 Å². The first-order chi connectivity index (χ1) is 8.20. The molecule has 2 aromatic rings. The summed E-state index contributed by atoms with van der Waals surface area (Å²) in [5, 5.41) is 11.8. The van der Waals surface area contributed by atoms with Gasteiger partial charge in [-0.2, -0.15) is 0 Å². The Hall–Kier alpha value is -1.38. The first-order valence-corrected chi connectivity index (χ1v) is 8.41. The van der Waals surface area contributed by atoms with E-state index >= 15 is 0 Å². The van der Waals surface area contributed by atoms with Gasteiger partial charge in [0.2, 0.25) is 0 Å². The van der Waals surface area contributed by atoms with E-state index in [1.165, 1.54) is 16.3 Å². The second-order valence-electron chi connectivity index (χ2n) is 4.76. The molecular formula is C15H15OSi. The summed E-state index contributed by atoms with van der Waals surface area (Å²) in [4.78, 5) is 0. The lowest BCUT2D eigenvalue weighted by atomic mass is 10.1. The standard InChI is InChI=1S/C15H15OSi/c1-17(2)13-9-5-8-11-10-6-3-4-7-12(10)15(16)14(11)13/h3-9,15-16H,1-2H3. The van der Waals surface area contributed by atoms with E-state index in [-0.39, 0.29) is 0 Å². The minimum atomic E-state index is -0.546. The van der Waals surface area contributed by atoms with Crippen LogP contribution >= 0.6 is 0 Å². The van der Waals surface area contributed by atoms with E-state index in [4.69, 9.17) is 0 Å². The van der Waals surface area contributed by atoms with Gasteiger partial charge in [-0.3, -0.25) is 0 Å². The van der Waals surface area contributed by atoms with E-state index in [9.17, 15) is 5.11 Å². The zero-order valence-corrected chi connectivity index (χ0v) is 11.1. The smallest absolute Gasteiger partial charge is 0.105 e. The molecular weight excluding hydrogens is 224 g/mol. The van der Waals surface area contributed by atoms with Crippen LogP contribution in [0.25, 0.3) is 11.1 Å². The van der Waals surface area contributed by atoms with Crippen LogP contribution in [0.4, 0.5) is 0 Å². The van der Waals surface area contributed by atoms with Crippen molar-refractivity contribution < 1.29 is 5.11 Å². The Kier molecular flexibility index (Phi) is 2.42. The SMILES string of the molecule is C[Si](C)c1cccc2c1C(O)c1ccccc1-2. The molecule has 1 radical (unpaired) electrons. The zero-order valence-electron chi connectivity index (χ0n) is 10.1. The van der Waals surface area contributed by atoms with Crippen LogP contribution in [0.5, 0.6) is 0 Å². The van der Waals surface area contributed by atoms with Gasteiger partial charge < -0.3 is 5.11 Å². The molecule has 1 unspecified atom stereocenters. The second kappa shape index (κ2) is 3.83. The molecule has 0 saturated heterocycles. The summed E-state index contributed by atoms with van der Waals surface area (Å²) >= 11 is 0. The van der Waals surface area contributed by atoms with Crippen molar-refractivity contribution in [1.82, 2.24) is 0 Å². The molecule has 1 aliphatic rings. The maximum atomic E-state index is 10.5. The molecule has 17 heavy (non-hydrogen) atoms. The fourth-order valence-corrected chi connectivity index (χ4v) is 3.91. The van der Waals surface area contributed by atoms with Crippen molar-refractivity contribution in [2.45, 2.75) is 19.2 Å². The van der Waals surface area contributed by atoms with E-state index < -0.39 is 14.9 Å². The van der Waals surface area contributed by atoms with E-state index in [0.29, 0.717) is 0 Å². The third-order valence-electron chi connectivity index (χ3n) is 3.46. The normalized spacial score (nSPS) is 17.1. The van der Waals surface area contributed by atoms with Gasteiger partial charge in [0.15, 0.2) is 0 Å². The molecule has 0 aliphatic heterocycles. The number of fused-ring (bicyclic) bond motifs is 3. The molecule has 85 valence electrons. The Labute approximate surface area is 103 Å². The molecule has 0 bridgehead atoms. The first kappa shape index (κ1) is 10.8. The van der Waals surface area contributed by atoms with Crippen molar-refractivity contribution >= 4 is 14.0 Å². The van der Waals surface area contributed by atoms with Crippen LogP contribution in [0.1, 0.15) is 17.2 Å². The molecule has 0 fully saturated rings. The lowest BCUT2D eigenvalue weighted by Gasteiger charge is -2.13. The first-order valence-electron chi connectivity index (χ1n) is 5.91. The van der Waals surface area contributed by atoms with Gasteiger partial charge in [-0.15, -0.1) is 0 Å². The summed E-state index contributed by atoms with van der Waals surface area (Å²) in [6.45, 7) is 4.55. The van der Waals surface area contributed by atoms with Crippen LogP contribution < -0.4 is 5.19 Å². The molecule has 0 amide bonds. The molecule has 0 heterocycles. The lowest BCUT2D eigenvalue weighted by Crippen LogP contribution is -2.27. The van der Waals surface area contributed by atoms with E-state index in [0.717, 1.165) is 11.1 Å². The van der Waals surface area contributed by atoms with Gasteiger partial charge in [-0.1, -0.05) is 60.7 Å². The topological polar surface area (TPSA) is 20.2 Å². The van der Waals surface area contributed by atoms with Gasteiger partial charge in [0.1, 0.15) is 6.10 Å². The number of aliphatic hydroxyl groups excluding tert-OH is 1. The Morgan fingerprint density at radius 3 is 2.41 bits per heavy atom. The molecule has 0 saturated carbocycles. The largest absolute Gasteiger partial charge is 0.384 e. The number of benzene rings is 2. The maximum Gasteiger partial charge on any atom is 0.105 e. The van der Waals surface area contributed by atoms with E-state index in [1.807, 2.05) is 18.2 Å². The summed E-state index contributed by atoms with van der Waals surface area (Å²) < 4.78 is 0. The molecule has 1 atom stereocenters. The van der Waals surface area contributed by atoms with Gasteiger partial charge in [-0.05, 0) is 22.3 Å². The van der Waals surface area contributed by atoms with Crippen LogP contribution in [0, 0.1) is 0 Å². The number of hydrogen-bond acceptors (Lipinski definition) is 1. The number of hydrogen-bond donors (Lipinski definition) is 1. The highest BCUT2D eigenvalue weighted by molar-refractivity contribution is 6.71. The third-order valence-corrected chi connectivity index (χ3v) is 4.98. The van der Waals surface area contributed by atoms with Gasteiger partial charge in [-0.25, -0.2) is 0 Å². The van der Waals surface area contributed by atoms with Crippen molar-refractivity contribution in [3.05, 3.63) is 53.6 Å². The molecule has 1 aliphatic carbocycles. The van der Waals surface area contributed by atoms with Crippen molar-refractivity contribution in [3.8, 4) is 11.1 Å². The number of rotatable bonds is 1. The Morgan fingerprint density at radius 2 is 1.65 bits per heavy atom. The summed E-state index contributed by atoms with van der Waals surface area (Å²) in [7, 11) is -0.546. The fraction of sp³-hybridized carbons (Fsp3) is 0.200. The van der Waals surface area contributed by atoms with E-state index in [2.05, 4.69) is 37.4 Å². The Morgan fingerprint density at radius 1 is 0.941 bits per heavy atom. The van der Waals surface area contributed by atoms with Crippen LogP contribution in [0.2, 0.25) is 13.1 Å². The summed E-state index contributed by atoms with van der Waals surface area (Å²) in [6, 6.07) is 14.6. The predicted molar refractivity (Wildman–Crippen MR) is 73.1 cm³/mol. The second-order valence-corrected chi connectivity index (χ2v) is 7.30. The summed E-state index contributed by atoms with van der Waals surface area (Å²) in [6.07, 6.45) is -0.433. The highest BCUT2D eigenvalue weighted by Gasteiger charge is 2.29. The molecule has 3 rings (SSSR count). The zero-order chi connectivity index (χ0) is 12.0. The molecule has 1 N–H and O–H groups in total. The lowest BCUT2D eigenvalue weighted by molar-refractivity contribution is 0.226. The highest BCUT2D eigenvalue weighted by atomic mass is 28.3. The predicted octanol–water partition coefficient (Wildman–Crippen LogP) is 2.71. The van der Waals surface area contributed by atoms with Crippen molar-refractivity contribution in [1.29, 1.82) is 0 Å². The number of aliphatic hydroxyl groups is 1. The van der Waals surface area contributed by atoms with Crippen LogP contribution in [-0.4, -0.2) is 13.9 Å². The van der Waals surface area contributed by atoms with Crippen LogP contribution in [0.15, 0.2) is 42.5 Å². The van der Waals surface area contributed by atoms with Crippen LogP contribution in [-0.2, 0) is 0 Å². The molecule has 1 nitrogen and oxygen atoms in total.